The van der Waals surface area contributed by atoms with Gasteiger partial charge in [-0.25, -0.2) is 4.98 Å². The Bertz CT molecular complexity index is 542. The van der Waals surface area contributed by atoms with Crippen LogP contribution in [0.2, 0.25) is 0 Å². The number of hydrogen-bond donors (Lipinski definition) is 1. The van der Waals surface area contributed by atoms with Crippen LogP contribution < -0.4 is 5.32 Å². The van der Waals surface area contributed by atoms with E-state index in [1.807, 2.05) is 34.6 Å². The van der Waals surface area contributed by atoms with Gasteiger partial charge in [-0.1, -0.05) is 39.8 Å². The van der Waals surface area contributed by atoms with E-state index in [2.05, 4.69) is 15.3 Å². The van der Waals surface area contributed by atoms with Crippen molar-refractivity contribution in [3.05, 3.63) is 52.5 Å². The Hall–Kier alpha value is -2.50. The lowest BCUT2D eigenvalue weighted by Gasteiger charge is -2.05. The predicted molar refractivity (Wildman–Crippen MR) is 85.8 cm³/mol. The normalized spacial score (nSPS) is 8.62. The lowest BCUT2D eigenvalue weighted by Crippen LogP contribution is -1.99. The SMILES string of the molecule is CC.CC.Cc1cnc(Nc2ccccc2[N+](=O)[O-])cn1. The maximum absolute atomic E-state index is 10.8. The molecule has 0 aliphatic rings. The lowest BCUT2D eigenvalue weighted by atomic mass is 10.2. The molecule has 0 spiro atoms. The standard InChI is InChI=1S/C11H10N4O2.2C2H6/c1-8-6-13-11(7-12-8)14-9-4-2-3-5-10(9)15(16)17;2*1-2/h2-7H,1H3,(H,13,14);2*1-2H3. The number of aromatic nitrogens is 2. The highest BCUT2D eigenvalue weighted by Crippen LogP contribution is 2.25. The van der Waals surface area contributed by atoms with Gasteiger partial charge in [-0.15, -0.1) is 0 Å². The third-order valence-corrected chi connectivity index (χ3v) is 2.14. The summed E-state index contributed by atoms with van der Waals surface area (Å²) in [6.07, 6.45) is 3.13. The van der Waals surface area contributed by atoms with Gasteiger partial charge in [-0.3, -0.25) is 15.1 Å². The van der Waals surface area contributed by atoms with Crippen LogP contribution in [0.15, 0.2) is 36.7 Å². The van der Waals surface area contributed by atoms with Gasteiger partial charge in [0, 0.05) is 6.07 Å². The monoisotopic (exact) mass is 290 g/mol. The fourth-order valence-electron chi connectivity index (χ4n) is 1.33. The Balaban J connectivity index is 0.000000921. The third kappa shape index (κ3) is 5.99. The van der Waals surface area contributed by atoms with E-state index in [1.165, 1.54) is 12.3 Å². The molecule has 6 heteroatoms. The van der Waals surface area contributed by atoms with Crippen molar-refractivity contribution in [2.75, 3.05) is 5.32 Å². The van der Waals surface area contributed by atoms with E-state index in [1.54, 1.807) is 24.4 Å². The van der Waals surface area contributed by atoms with Gasteiger partial charge in [-0.2, -0.15) is 0 Å². The van der Waals surface area contributed by atoms with Crippen molar-refractivity contribution in [1.29, 1.82) is 0 Å². The van der Waals surface area contributed by atoms with Crippen molar-refractivity contribution in [3.63, 3.8) is 0 Å². The van der Waals surface area contributed by atoms with Gasteiger partial charge >= 0.3 is 0 Å². The first-order valence-electron chi connectivity index (χ1n) is 6.96. The topological polar surface area (TPSA) is 81.0 Å². The molecule has 0 radical (unpaired) electrons. The molecule has 6 nitrogen and oxygen atoms in total. The van der Waals surface area contributed by atoms with E-state index < -0.39 is 4.92 Å². The van der Waals surface area contributed by atoms with Crippen LogP contribution in [0.1, 0.15) is 33.4 Å². The number of para-hydroxylation sites is 2. The average Bonchev–Trinajstić information content (AvgIpc) is 2.54. The number of nitrogens with one attached hydrogen (secondary N) is 1. The van der Waals surface area contributed by atoms with Crippen LogP contribution in [0.25, 0.3) is 0 Å². The number of benzene rings is 1. The third-order valence-electron chi connectivity index (χ3n) is 2.14. The van der Waals surface area contributed by atoms with Gasteiger partial charge < -0.3 is 5.32 Å². The molecule has 1 heterocycles. The first-order chi connectivity index (χ1) is 10.2. The largest absolute Gasteiger partial charge is 0.333 e. The summed E-state index contributed by atoms with van der Waals surface area (Å²) in [5.41, 5.74) is 1.20. The summed E-state index contributed by atoms with van der Waals surface area (Å²) in [4.78, 5) is 18.5. The quantitative estimate of drug-likeness (QED) is 0.665. The van der Waals surface area contributed by atoms with E-state index >= 15 is 0 Å². The number of hydrogen-bond acceptors (Lipinski definition) is 5. The van der Waals surface area contributed by atoms with Crippen LogP contribution in [-0.2, 0) is 0 Å². The highest BCUT2D eigenvalue weighted by molar-refractivity contribution is 5.67. The number of nitrogens with zero attached hydrogens (tertiary/aromatic N) is 3. The van der Waals surface area contributed by atoms with E-state index in [9.17, 15) is 10.1 Å². The zero-order valence-corrected chi connectivity index (χ0v) is 13.1. The fourth-order valence-corrected chi connectivity index (χ4v) is 1.33. The number of anilines is 2. The van der Waals surface area contributed by atoms with Crippen LogP contribution in [-0.4, -0.2) is 14.9 Å². The Morgan fingerprint density at radius 3 is 2.19 bits per heavy atom. The summed E-state index contributed by atoms with van der Waals surface area (Å²) in [5.74, 6) is 0.477. The molecule has 0 saturated heterocycles. The summed E-state index contributed by atoms with van der Waals surface area (Å²) < 4.78 is 0. The molecule has 1 aromatic heterocycles. The van der Waals surface area contributed by atoms with Crippen molar-refractivity contribution in [2.45, 2.75) is 34.6 Å². The van der Waals surface area contributed by atoms with Crippen LogP contribution in [0.3, 0.4) is 0 Å². The number of nitro groups is 1. The second-order valence-electron chi connectivity index (χ2n) is 3.44. The van der Waals surface area contributed by atoms with Gasteiger partial charge in [0.2, 0.25) is 0 Å². The molecule has 0 atom stereocenters. The maximum atomic E-state index is 10.8. The minimum atomic E-state index is -0.441. The Kier molecular flexibility index (Phi) is 9.08. The highest BCUT2D eigenvalue weighted by atomic mass is 16.6. The Morgan fingerprint density at radius 2 is 1.67 bits per heavy atom. The summed E-state index contributed by atoms with van der Waals surface area (Å²) >= 11 is 0. The second kappa shape index (κ2) is 10.3. The molecule has 0 aliphatic heterocycles. The van der Waals surface area contributed by atoms with Crippen LogP contribution in [0.5, 0.6) is 0 Å². The van der Waals surface area contributed by atoms with E-state index in [0.29, 0.717) is 11.5 Å². The number of nitro benzene ring substituents is 1. The van der Waals surface area contributed by atoms with E-state index in [4.69, 9.17) is 0 Å². The fraction of sp³-hybridized carbons (Fsp3) is 0.333. The zero-order chi connectivity index (χ0) is 16.3. The maximum Gasteiger partial charge on any atom is 0.292 e. The van der Waals surface area contributed by atoms with Crippen molar-refractivity contribution >= 4 is 17.2 Å². The molecule has 0 saturated carbocycles. The van der Waals surface area contributed by atoms with E-state index in [0.717, 1.165) is 5.69 Å². The molecular formula is C15H22N4O2. The molecule has 2 aromatic rings. The summed E-state index contributed by atoms with van der Waals surface area (Å²) in [6.45, 7) is 9.82. The Labute approximate surface area is 125 Å². The minimum absolute atomic E-state index is 0.00914. The van der Waals surface area contributed by atoms with Crippen molar-refractivity contribution in [3.8, 4) is 0 Å². The summed E-state index contributed by atoms with van der Waals surface area (Å²) in [5, 5.41) is 13.7. The van der Waals surface area contributed by atoms with Crippen LogP contribution >= 0.6 is 0 Å². The van der Waals surface area contributed by atoms with Gasteiger partial charge in [-0.05, 0) is 13.0 Å². The van der Waals surface area contributed by atoms with Gasteiger partial charge in [0.15, 0.2) is 0 Å². The lowest BCUT2D eigenvalue weighted by molar-refractivity contribution is -0.383. The molecule has 0 bridgehead atoms. The predicted octanol–water partition coefficient (Wildman–Crippen LogP) is 4.49. The second-order valence-corrected chi connectivity index (χ2v) is 3.44. The molecule has 0 amide bonds. The molecule has 1 N–H and O–H groups in total. The van der Waals surface area contributed by atoms with Gasteiger partial charge in [0.25, 0.3) is 5.69 Å². The van der Waals surface area contributed by atoms with Gasteiger partial charge in [0.1, 0.15) is 11.5 Å². The molecular weight excluding hydrogens is 268 g/mol. The smallest absolute Gasteiger partial charge is 0.292 e. The van der Waals surface area contributed by atoms with Crippen molar-refractivity contribution < 1.29 is 4.92 Å². The van der Waals surface area contributed by atoms with E-state index in [-0.39, 0.29) is 5.69 Å². The van der Waals surface area contributed by atoms with Crippen LogP contribution in [0, 0.1) is 17.0 Å². The molecule has 1 aromatic carbocycles. The average molecular weight is 290 g/mol. The van der Waals surface area contributed by atoms with Gasteiger partial charge in [0.05, 0.1) is 23.0 Å². The molecule has 21 heavy (non-hydrogen) atoms. The zero-order valence-electron chi connectivity index (χ0n) is 13.1. The highest BCUT2D eigenvalue weighted by Gasteiger charge is 2.12. The molecule has 0 unspecified atom stereocenters. The Morgan fingerprint density at radius 1 is 1.05 bits per heavy atom. The summed E-state index contributed by atoms with van der Waals surface area (Å²) in [7, 11) is 0. The number of rotatable bonds is 3. The molecule has 114 valence electrons. The number of aryl methyl sites for hydroxylation is 1. The molecule has 0 fully saturated rings. The van der Waals surface area contributed by atoms with Crippen molar-refractivity contribution in [1.82, 2.24) is 9.97 Å². The minimum Gasteiger partial charge on any atom is -0.333 e. The first kappa shape index (κ1) is 18.5. The van der Waals surface area contributed by atoms with Crippen molar-refractivity contribution in [2.24, 2.45) is 0 Å². The molecule has 2 rings (SSSR count). The first-order valence-corrected chi connectivity index (χ1v) is 6.96. The molecule has 0 aliphatic carbocycles. The summed E-state index contributed by atoms with van der Waals surface area (Å²) in [6, 6.07) is 6.39. The van der Waals surface area contributed by atoms with Crippen LogP contribution in [0.4, 0.5) is 17.2 Å².